The minimum Gasteiger partial charge on any atom is -0.354 e. The second kappa shape index (κ2) is 12.2. The number of hydrogen-bond donors (Lipinski definition) is 2. The standard InChI is InChI=1S/C20H36N4O2.2ClH/c1-15(2)23-11-7-17(8-12-23)20(26)24-10-4-5-16(14-24)13-22-19(25)18-6-3-9-21-18;;/h15-18,21H,3-14H2,1-2H3,(H,22,25);2*1H. The maximum atomic E-state index is 12.9. The number of hydrogen-bond acceptors (Lipinski definition) is 4. The van der Waals surface area contributed by atoms with Crippen molar-refractivity contribution in [3.8, 4) is 0 Å². The number of halogens is 2. The van der Waals surface area contributed by atoms with E-state index >= 15 is 0 Å². The first-order valence-electron chi connectivity index (χ1n) is 10.6. The molecule has 8 heteroatoms. The highest BCUT2D eigenvalue weighted by atomic mass is 35.5. The molecule has 0 bridgehead atoms. The van der Waals surface area contributed by atoms with E-state index in [0.717, 1.165) is 71.2 Å². The smallest absolute Gasteiger partial charge is 0.237 e. The molecule has 3 saturated heterocycles. The summed E-state index contributed by atoms with van der Waals surface area (Å²) >= 11 is 0. The molecule has 3 fully saturated rings. The summed E-state index contributed by atoms with van der Waals surface area (Å²) in [5, 5.41) is 6.35. The van der Waals surface area contributed by atoms with Gasteiger partial charge >= 0.3 is 0 Å². The molecule has 0 aromatic rings. The van der Waals surface area contributed by atoms with Crippen LogP contribution in [0, 0.1) is 11.8 Å². The Hall–Kier alpha value is -0.560. The highest BCUT2D eigenvalue weighted by Gasteiger charge is 2.32. The molecule has 2 atom stereocenters. The van der Waals surface area contributed by atoms with Crippen LogP contribution in [-0.2, 0) is 9.59 Å². The number of likely N-dealkylation sites (tertiary alicyclic amines) is 2. The Morgan fingerprint density at radius 3 is 2.36 bits per heavy atom. The zero-order valence-corrected chi connectivity index (χ0v) is 19.0. The number of amides is 2. The number of piperidine rings is 2. The van der Waals surface area contributed by atoms with Gasteiger partial charge in [-0.1, -0.05) is 0 Å². The Balaban J connectivity index is 0.00000196. The van der Waals surface area contributed by atoms with Gasteiger partial charge in [-0.2, -0.15) is 0 Å². The summed E-state index contributed by atoms with van der Waals surface area (Å²) in [5.41, 5.74) is 0. The quantitative estimate of drug-likeness (QED) is 0.691. The van der Waals surface area contributed by atoms with Crippen molar-refractivity contribution in [2.45, 2.75) is 64.5 Å². The van der Waals surface area contributed by atoms with E-state index in [1.807, 2.05) is 0 Å². The van der Waals surface area contributed by atoms with E-state index in [9.17, 15) is 9.59 Å². The van der Waals surface area contributed by atoms with E-state index < -0.39 is 0 Å². The van der Waals surface area contributed by atoms with Crippen molar-refractivity contribution in [3.63, 3.8) is 0 Å². The molecule has 0 aromatic carbocycles. The highest BCUT2D eigenvalue weighted by Crippen LogP contribution is 2.24. The summed E-state index contributed by atoms with van der Waals surface area (Å²) in [6, 6.07) is 0.561. The lowest BCUT2D eigenvalue weighted by molar-refractivity contribution is -0.139. The van der Waals surface area contributed by atoms with Gasteiger partial charge < -0.3 is 20.4 Å². The van der Waals surface area contributed by atoms with E-state index in [1.165, 1.54) is 0 Å². The number of nitrogens with zero attached hydrogens (tertiary/aromatic N) is 2. The number of nitrogens with one attached hydrogen (secondary N) is 2. The van der Waals surface area contributed by atoms with Crippen LogP contribution < -0.4 is 10.6 Å². The van der Waals surface area contributed by atoms with Gasteiger partial charge in [0.1, 0.15) is 0 Å². The Labute approximate surface area is 182 Å². The van der Waals surface area contributed by atoms with Crippen molar-refractivity contribution in [1.29, 1.82) is 0 Å². The largest absolute Gasteiger partial charge is 0.354 e. The molecular weight excluding hydrogens is 399 g/mol. The third-order valence-corrected chi connectivity index (χ3v) is 6.38. The lowest BCUT2D eigenvalue weighted by atomic mass is 9.91. The van der Waals surface area contributed by atoms with E-state index in [2.05, 4.69) is 34.3 Å². The van der Waals surface area contributed by atoms with E-state index in [4.69, 9.17) is 0 Å². The molecule has 3 heterocycles. The SMILES string of the molecule is CC(C)N1CCC(C(=O)N2CCCC(CNC(=O)C3CCCN3)C2)CC1.Cl.Cl. The molecule has 3 aliphatic rings. The second-order valence-corrected chi connectivity index (χ2v) is 8.59. The first-order valence-corrected chi connectivity index (χ1v) is 10.6. The van der Waals surface area contributed by atoms with Crippen molar-refractivity contribution in [2.75, 3.05) is 39.3 Å². The molecule has 0 aliphatic carbocycles. The van der Waals surface area contributed by atoms with Gasteiger partial charge in [0.05, 0.1) is 6.04 Å². The first kappa shape index (κ1) is 25.5. The maximum absolute atomic E-state index is 12.9. The van der Waals surface area contributed by atoms with Gasteiger partial charge in [0.25, 0.3) is 0 Å². The van der Waals surface area contributed by atoms with Crippen molar-refractivity contribution >= 4 is 36.6 Å². The van der Waals surface area contributed by atoms with Crippen molar-refractivity contribution < 1.29 is 9.59 Å². The van der Waals surface area contributed by atoms with Crippen LogP contribution in [0.5, 0.6) is 0 Å². The summed E-state index contributed by atoms with van der Waals surface area (Å²) in [6.45, 7) is 9.87. The minimum atomic E-state index is -0.0116. The zero-order valence-electron chi connectivity index (χ0n) is 17.3. The summed E-state index contributed by atoms with van der Waals surface area (Å²) < 4.78 is 0. The normalized spacial score (nSPS) is 26.5. The monoisotopic (exact) mass is 436 g/mol. The molecule has 3 rings (SSSR count). The van der Waals surface area contributed by atoms with Crippen LogP contribution in [0.1, 0.15) is 52.4 Å². The van der Waals surface area contributed by atoms with Crippen LogP contribution >= 0.6 is 24.8 Å². The Bertz CT molecular complexity index is 493. The molecule has 6 nitrogen and oxygen atoms in total. The Morgan fingerprint density at radius 2 is 1.75 bits per heavy atom. The zero-order chi connectivity index (χ0) is 18.5. The predicted molar refractivity (Wildman–Crippen MR) is 117 cm³/mol. The maximum Gasteiger partial charge on any atom is 0.237 e. The molecule has 0 aromatic heterocycles. The van der Waals surface area contributed by atoms with Gasteiger partial charge in [-0.05, 0) is 77.9 Å². The molecule has 0 spiro atoms. The molecule has 28 heavy (non-hydrogen) atoms. The summed E-state index contributed by atoms with van der Waals surface area (Å²) in [5.74, 6) is 1.07. The average molecular weight is 437 g/mol. The molecule has 0 saturated carbocycles. The lowest BCUT2D eigenvalue weighted by Crippen LogP contribution is -2.49. The number of rotatable bonds is 5. The van der Waals surface area contributed by atoms with Crippen LogP contribution in [0.4, 0.5) is 0 Å². The molecule has 2 amide bonds. The summed E-state index contributed by atoms with van der Waals surface area (Å²) in [6.07, 6.45) is 6.16. The molecule has 2 N–H and O–H groups in total. The third kappa shape index (κ3) is 6.75. The van der Waals surface area contributed by atoms with Crippen LogP contribution in [0.25, 0.3) is 0 Å². The van der Waals surface area contributed by atoms with Crippen molar-refractivity contribution in [2.24, 2.45) is 11.8 Å². The Morgan fingerprint density at radius 1 is 1.04 bits per heavy atom. The second-order valence-electron chi connectivity index (χ2n) is 8.59. The van der Waals surface area contributed by atoms with Crippen LogP contribution in [0.3, 0.4) is 0 Å². The lowest BCUT2D eigenvalue weighted by Gasteiger charge is -2.39. The molecule has 3 aliphatic heterocycles. The van der Waals surface area contributed by atoms with Gasteiger partial charge in [-0.25, -0.2) is 0 Å². The minimum absolute atomic E-state index is 0. The fraction of sp³-hybridized carbons (Fsp3) is 0.900. The van der Waals surface area contributed by atoms with Crippen molar-refractivity contribution in [1.82, 2.24) is 20.4 Å². The van der Waals surface area contributed by atoms with Gasteiger partial charge in [-0.3, -0.25) is 9.59 Å². The van der Waals surface area contributed by atoms with E-state index in [0.29, 0.717) is 24.4 Å². The molecule has 2 unspecified atom stereocenters. The van der Waals surface area contributed by atoms with Crippen molar-refractivity contribution in [3.05, 3.63) is 0 Å². The number of carbonyl (C=O) groups is 2. The Kier molecular flexibility index (Phi) is 11.1. The van der Waals surface area contributed by atoms with E-state index in [-0.39, 0.29) is 42.7 Å². The third-order valence-electron chi connectivity index (χ3n) is 6.38. The number of carbonyl (C=O) groups excluding carboxylic acids is 2. The van der Waals surface area contributed by atoms with Gasteiger partial charge in [-0.15, -0.1) is 24.8 Å². The van der Waals surface area contributed by atoms with Crippen LogP contribution in [-0.4, -0.2) is 73.0 Å². The summed E-state index contributed by atoms with van der Waals surface area (Å²) in [4.78, 5) is 29.7. The average Bonchev–Trinajstić information content (AvgIpc) is 3.21. The molecular formula is C20H38Cl2N4O2. The van der Waals surface area contributed by atoms with E-state index in [1.54, 1.807) is 0 Å². The first-order chi connectivity index (χ1) is 12.5. The highest BCUT2D eigenvalue weighted by molar-refractivity contribution is 5.85. The summed E-state index contributed by atoms with van der Waals surface area (Å²) in [7, 11) is 0. The fourth-order valence-corrected chi connectivity index (χ4v) is 4.63. The molecule has 164 valence electrons. The van der Waals surface area contributed by atoms with Gasteiger partial charge in [0.15, 0.2) is 0 Å². The van der Waals surface area contributed by atoms with Gasteiger partial charge in [0.2, 0.25) is 11.8 Å². The fourth-order valence-electron chi connectivity index (χ4n) is 4.63. The predicted octanol–water partition coefficient (Wildman–Crippen LogP) is 2.06. The van der Waals surface area contributed by atoms with Gasteiger partial charge in [0, 0.05) is 31.6 Å². The van der Waals surface area contributed by atoms with Crippen LogP contribution in [0.2, 0.25) is 0 Å². The topological polar surface area (TPSA) is 64.7 Å². The van der Waals surface area contributed by atoms with Crippen LogP contribution in [0.15, 0.2) is 0 Å². The molecule has 0 radical (unpaired) electrons.